The van der Waals surface area contributed by atoms with Gasteiger partial charge in [-0.3, -0.25) is 9.59 Å². The molecule has 1 unspecified atom stereocenters. The average Bonchev–Trinajstić information content (AvgIpc) is 3.22. The molecule has 1 aromatic carbocycles. The van der Waals surface area contributed by atoms with Crippen LogP contribution in [0.3, 0.4) is 0 Å². The maximum atomic E-state index is 12.4. The summed E-state index contributed by atoms with van der Waals surface area (Å²) < 4.78 is 0. The van der Waals surface area contributed by atoms with Crippen molar-refractivity contribution in [1.82, 2.24) is 4.90 Å². The lowest BCUT2D eigenvalue weighted by Crippen LogP contribution is -2.41. The van der Waals surface area contributed by atoms with E-state index in [1.807, 2.05) is 41.0 Å². The summed E-state index contributed by atoms with van der Waals surface area (Å²) in [5.41, 5.74) is 1.69. The summed E-state index contributed by atoms with van der Waals surface area (Å²) in [6.07, 6.45) is 2.18. The molecule has 3 rings (SSSR count). The van der Waals surface area contributed by atoms with E-state index in [0.717, 1.165) is 30.6 Å². The third kappa shape index (κ3) is 2.60. The number of hydrogen-bond acceptors (Lipinski definition) is 3. The first-order valence-corrected chi connectivity index (χ1v) is 7.48. The molecule has 5 nitrogen and oxygen atoms in total. The molecule has 1 saturated carbocycles. The summed E-state index contributed by atoms with van der Waals surface area (Å²) in [5.74, 6) is -1.27. The lowest BCUT2D eigenvalue weighted by molar-refractivity contribution is -0.138. The van der Waals surface area contributed by atoms with E-state index in [1.165, 1.54) is 0 Å². The van der Waals surface area contributed by atoms with Crippen molar-refractivity contribution in [3.8, 4) is 0 Å². The minimum atomic E-state index is -0.827. The number of likely N-dealkylation sites (N-methyl/N-ethyl adjacent to an activating group) is 1. The van der Waals surface area contributed by atoms with E-state index in [0.29, 0.717) is 12.6 Å². The second-order valence-electron chi connectivity index (χ2n) is 5.74. The molecule has 1 heterocycles. The third-order valence-electron chi connectivity index (χ3n) is 4.33. The van der Waals surface area contributed by atoms with Gasteiger partial charge in [0.2, 0.25) is 5.91 Å². The van der Waals surface area contributed by atoms with E-state index in [2.05, 4.69) is 0 Å². The molecule has 2 aliphatic rings. The van der Waals surface area contributed by atoms with Crippen molar-refractivity contribution in [3.63, 3.8) is 0 Å². The molecule has 1 atom stereocenters. The van der Waals surface area contributed by atoms with Crippen molar-refractivity contribution >= 4 is 17.6 Å². The molecular formula is C16H20N2O3. The van der Waals surface area contributed by atoms with E-state index < -0.39 is 11.9 Å². The zero-order valence-electron chi connectivity index (χ0n) is 12.2. The van der Waals surface area contributed by atoms with Crippen LogP contribution >= 0.6 is 0 Å². The molecule has 5 heteroatoms. The topological polar surface area (TPSA) is 60.9 Å². The summed E-state index contributed by atoms with van der Waals surface area (Å²) in [4.78, 5) is 27.6. The Morgan fingerprint density at radius 3 is 2.67 bits per heavy atom. The maximum Gasteiger partial charge on any atom is 0.312 e. The Morgan fingerprint density at radius 2 is 2.05 bits per heavy atom. The van der Waals surface area contributed by atoms with Crippen LogP contribution in [0.2, 0.25) is 0 Å². The first-order chi connectivity index (χ1) is 10.1. The van der Waals surface area contributed by atoms with Gasteiger partial charge >= 0.3 is 5.97 Å². The molecule has 0 spiro atoms. The van der Waals surface area contributed by atoms with E-state index in [1.54, 1.807) is 0 Å². The normalized spacial score (nSPS) is 20.2. The summed E-state index contributed by atoms with van der Waals surface area (Å²) in [6.45, 7) is 3.36. The van der Waals surface area contributed by atoms with Crippen molar-refractivity contribution < 1.29 is 14.7 Å². The van der Waals surface area contributed by atoms with Crippen LogP contribution in [0, 0.1) is 0 Å². The number of benzene rings is 1. The summed E-state index contributed by atoms with van der Waals surface area (Å²) >= 11 is 0. The Morgan fingerprint density at radius 1 is 1.33 bits per heavy atom. The van der Waals surface area contributed by atoms with Gasteiger partial charge < -0.3 is 14.9 Å². The average molecular weight is 288 g/mol. The smallest absolute Gasteiger partial charge is 0.312 e. The van der Waals surface area contributed by atoms with E-state index in [9.17, 15) is 14.7 Å². The van der Waals surface area contributed by atoms with Gasteiger partial charge in [0.1, 0.15) is 5.92 Å². The summed E-state index contributed by atoms with van der Waals surface area (Å²) in [5, 5.41) is 9.34. The van der Waals surface area contributed by atoms with Crippen molar-refractivity contribution in [2.45, 2.75) is 31.7 Å². The van der Waals surface area contributed by atoms with Crippen LogP contribution < -0.4 is 4.90 Å². The van der Waals surface area contributed by atoms with E-state index >= 15 is 0 Å². The molecular weight excluding hydrogens is 268 g/mol. The molecule has 1 aliphatic carbocycles. The molecule has 1 aliphatic heterocycles. The van der Waals surface area contributed by atoms with Crippen molar-refractivity contribution in [2.75, 3.05) is 24.5 Å². The Labute approximate surface area is 124 Å². The molecule has 0 saturated heterocycles. The highest BCUT2D eigenvalue weighted by atomic mass is 16.4. The molecule has 1 fully saturated rings. The number of fused-ring (bicyclic) bond motifs is 1. The number of carbonyl (C=O) groups excluding carboxylic acids is 1. The summed E-state index contributed by atoms with van der Waals surface area (Å²) in [6, 6.07) is 7.88. The monoisotopic (exact) mass is 288 g/mol. The van der Waals surface area contributed by atoms with E-state index in [-0.39, 0.29) is 12.5 Å². The van der Waals surface area contributed by atoms with Crippen LogP contribution in [0.15, 0.2) is 24.3 Å². The minimum Gasteiger partial charge on any atom is -0.481 e. The molecule has 0 bridgehead atoms. The number of carboxylic acid groups (broad SMARTS) is 1. The molecule has 21 heavy (non-hydrogen) atoms. The second-order valence-corrected chi connectivity index (χ2v) is 5.74. The number of rotatable bonds is 5. The van der Waals surface area contributed by atoms with Crippen LogP contribution in [0.1, 0.15) is 31.2 Å². The van der Waals surface area contributed by atoms with Gasteiger partial charge in [0.25, 0.3) is 0 Å². The first-order valence-electron chi connectivity index (χ1n) is 7.48. The van der Waals surface area contributed by atoms with Gasteiger partial charge in [0.15, 0.2) is 0 Å². The van der Waals surface area contributed by atoms with Crippen molar-refractivity contribution in [1.29, 1.82) is 0 Å². The van der Waals surface area contributed by atoms with Crippen molar-refractivity contribution in [2.24, 2.45) is 0 Å². The van der Waals surface area contributed by atoms with Crippen LogP contribution in [0.5, 0.6) is 0 Å². The number of nitrogens with zero attached hydrogens (tertiary/aromatic N) is 2. The number of aliphatic carboxylic acids is 1. The quantitative estimate of drug-likeness (QED) is 0.895. The SMILES string of the molecule is CCN(C(=O)CN1CC(C(=O)O)c2ccccc21)C1CC1. The fourth-order valence-corrected chi connectivity index (χ4v) is 3.13. The predicted octanol–water partition coefficient (Wildman–Crippen LogP) is 1.69. The predicted molar refractivity (Wildman–Crippen MR) is 79.4 cm³/mol. The number of amides is 1. The van der Waals surface area contributed by atoms with Gasteiger partial charge in [-0.1, -0.05) is 18.2 Å². The number of carbonyl (C=O) groups is 2. The zero-order chi connectivity index (χ0) is 15.0. The number of anilines is 1. The molecule has 0 radical (unpaired) electrons. The van der Waals surface area contributed by atoms with Crippen LogP contribution in [-0.2, 0) is 9.59 Å². The maximum absolute atomic E-state index is 12.4. The van der Waals surface area contributed by atoms with Crippen LogP contribution in [0.4, 0.5) is 5.69 Å². The molecule has 1 amide bonds. The van der Waals surface area contributed by atoms with Gasteiger partial charge in [-0.2, -0.15) is 0 Å². The molecule has 0 aromatic heterocycles. The van der Waals surface area contributed by atoms with E-state index in [4.69, 9.17) is 0 Å². The first kappa shape index (κ1) is 13.9. The lowest BCUT2D eigenvalue weighted by atomic mass is 10.0. The minimum absolute atomic E-state index is 0.0980. The van der Waals surface area contributed by atoms with Gasteiger partial charge in [0, 0.05) is 24.8 Å². The zero-order valence-corrected chi connectivity index (χ0v) is 12.2. The van der Waals surface area contributed by atoms with Crippen LogP contribution in [-0.4, -0.2) is 47.6 Å². The van der Waals surface area contributed by atoms with Crippen molar-refractivity contribution in [3.05, 3.63) is 29.8 Å². The highest BCUT2D eigenvalue weighted by Crippen LogP contribution is 2.36. The fourth-order valence-electron chi connectivity index (χ4n) is 3.13. The standard InChI is InChI=1S/C16H20N2O3/c1-2-18(11-7-8-11)15(19)10-17-9-13(16(20)21)12-5-3-4-6-14(12)17/h3-6,11,13H,2,7-10H2,1H3,(H,20,21). The summed E-state index contributed by atoms with van der Waals surface area (Å²) in [7, 11) is 0. The van der Waals surface area contributed by atoms with Gasteiger partial charge in [-0.15, -0.1) is 0 Å². The fraction of sp³-hybridized carbons (Fsp3) is 0.500. The molecule has 112 valence electrons. The Kier molecular flexibility index (Phi) is 3.57. The third-order valence-corrected chi connectivity index (χ3v) is 4.33. The number of carboxylic acids is 1. The lowest BCUT2D eigenvalue weighted by Gasteiger charge is -2.25. The Balaban J connectivity index is 1.77. The van der Waals surface area contributed by atoms with Gasteiger partial charge in [-0.25, -0.2) is 0 Å². The Hall–Kier alpha value is -2.04. The van der Waals surface area contributed by atoms with Gasteiger partial charge in [0.05, 0.1) is 6.54 Å². The molecule has 1 N–H and O–H groups in total. The van der Waals surface area contributed by atoms with Gasteiger partial charge in [-0.05, 0) is 31.4 Å². The molecule has 1 aromatic rings. The number of hydrogen-bond donors (Lipinski definition) is 1. The largest absolute Gasteiger partial charge is 0.481 e. The second kappa shape index (κ2) is 5.39. The Bertz CT molecular complexity index is 568. The highest BCUT2D eigenvalue weighted by molar-refractivity contribution is 5.87. The highest BCUT2D eigenvalue weighted by Gasteiger charge is 2.36. The number of para-hydroxylation sites is 1. The van der Waals surface area contributed by atoms with Crippen LogP contribution in [0.25, 0.3) is 0 Å².